The third kappa shape index (κ3) is 3.37. The lowest BCUT2D eigenvalue weighted by Gasteiger charge is -2.09. The van der Waals surface area contributed by atoms with E-state index in [1.54, 1.807) is 13.1 Å². The number of hydrogen-bond acceptors (Lipinski definition) is 7. The molecule has 0 atom stereocenters. The maximum Gasteiger partial charge on any atom is 0.273 e. The number of nitrogens with zero attached hydrogens (tertiary/aromatic N) is 4. The predicted molar refractivity (Wildman–Crippen MR) is 87.0 cm³/mol. The van der Waals surface area contributed by atoms with Crippen molar-refractivity contribution in [2.45, 2.75) is 13.3 Å². The lowest BCUT2D eigenvalue weighted by atomic mass is 10.2. The fourth-order valence-electron chi connectivity index (χ4n) is 2.18. The zero-order chi connectivity index (χ0) is 16.9. The van der Waals surface area contributed by atoms with Crippen molar-refractivity contribution in [3.63, 3.8) is 0 Å². The Labute approximate surface area is 138 Å². The summed E-state index contributed by atoms with van der Waals surface area (Å²) in [4.78, 5) is 28.9. The molecule has 3 rings (SSSR count). The van der Waals surface area contributed by atoms with E-state index in [9.17, 15) is 4.79 Å². The molecule has 8 heteroatoms. The van der Waals surface area contributed by atoms with Crippen LogP contribution in [-0.4, -0.2) is 32.4 Å². The minimum Gasteiger partial charge on any atom is -0.443 e. The number of carbonyl (C=O) groups is 1. The van der Waals surface area contributed by atoms with Gasteiger partial charge in [0.1, 0.15) is 12.0 Å². The maximum atomic E-state index is 12.3. The van der Waals surface area contributed by atoms with E-state index in [0.717, 1.165) is 5.69 Å². The number of amides is 1. The van der Waals surface area contributed by atoms with Gasteiger partial charge in [0.25, 0.3) is 5.91 Å². The van der Waals surface area contributed by atoms with Gasteiger partial charge >= 0.3 is 0 Å². The molecule has 0 aliphatic carbocycles. The summed E-state index contributed by atoms with van der Waals surface area (Å²) in [5.74, 6) is -0.0315. The second-order valence-electron chi connectivity index (χ2n) is 5.06. The maximum absolute atomic E-state index is 12.3. The molecule has 0 spiro atoms. The summed E-state index contributed by atoms with van der Waals surface area (Å²) in [5.41, 5.74) is 7.78. The van der Waals surface area contributed by atoms with Crippen LogP contribution in [0.3, 0.4) is 0 Å². The number of aromatic nitrogens is 4. The standard InChI is InChI=1S/C16H16N6O2/c1-10-12(16-20-8-9-24-16)22-14(17)13(21-10)15(23)19-7-5-11-4-2-3-6-18-11/h2-4,6,8-9H,5,7H2,1H3,(H2,17,22)(H,19,23). The van der Waals surface area contributed by atoms with Crippen molar-refractivity contribution in [2.75, 3.05) is 12.3 Å². The van der Waals surface area contributed by atoms with Crippen molar-refractivity contribution in [1.29, 1.82) is 0 Å². The van der Waals surface area contributed by atoms with E-state index < -0.39 is 0 Å². The normalized spacial score (nSPS) is 10.5. The number of pyridine rings is 1. The van der Waals surface area contributed by atoms with Crippen LogP contribution in [0, 0.1) is 6.92 Å². The van der Waals surface area contributed by atoms with Gasteiger partial charge in [-0.2, -0.15) is 0 Å². The summed E-state index contributed by atoms with van der Waals surface area (Å²) in [6, 6.07) is 5.64. The van der Waals surface area contributed by atoms with Crippen LogP contribution in [0.1, 0.15) is 21.9 Å². The van der Waals surface area contributed by atoms with Crippen LogP contribution in [0.25, 0.3) is 11.6 Å². The number of carbonyl (C=O) groups excluding carboxylic acids is 1. The summed E-state index contributed by atoms with van der Waals surface area (Å²) in [7, 11) is 0. The van der Waals surface area contributed by atoms with Gasteiger partial charge in [-0.1, -0.05) is 6.07 Å². The molecule has 0 saturated heterocycles. The van der Waals surface area contributed by atoms with Crippen molar-refractivity contribution in [1.82, 2.24) is 25.3 Å². The van der Waals surface area contributed by atoms with E-state index in [2.05, 4.69) is 25.3 Å². The molecule has 3 aromatic rings. The highest BCUT2D eigenvalue weighted by molar-refractivity contribution is 5.96. The number of rotatable bonds is 5. The van der Waals surface area contributed by atoms with Gasteiger partial charge in [-0.3, -0.25) is 9.78 Å². The topological polar surface area (TPSA) is 120 Å². The summed E-state index contributed by atoms with van der Waals surface area (Å²) in [6.07, 6.45) is 5.27. The molecule has 0 aliphatic rings. The van der Waals surface area contributed by atoms with Gasteiger partial charge in [0.05, 0.1) is 11.9 Å². The highest BCUT2D eigenvalue weighted by Gasteiger charge is 2.18. The monoisotopic (exact) mass is 324 g/mol. The summed E-state index contributed by atoms with van der Waals surface area (Å²) in [6.45, 7) is 2.15. The van der Waals surface area contributed by atoms with Crippen LogP contribution in [0.5, 0.6) is 0 Å². The fraction of sp³-hybridized carbons (Fsp3) is 0.188. The Morgan fingerprint density at radius 2 is 2.12 bits per heavy atom. The van der Waals surface area contributed by atoms with E-state index in [1.165, 1.54) is 12.5 Å². The number of hydrogen-bond donors (Lipinski definition) is 2. The highest BCUT2D eigenvalue weighted by atomic mass is 16.3. The molecule has 0 bridgehead atoms. The average molecular weight is 324 g/mol. The van der Waals surface area contributed by atoms with Crippen molar-refractivity contribution in [2.24, 2.45) is 0 Å². The molecule has 0 saturated carbocycles. The van der Waals surface area contributed by atoms with Crippen LogP contribution >= 0.6 is 0 Å². The number of nitrogens with one attached hydrogen (secondary N) is 1. The lowest BCUT2D eigenvalue weighted by molar-refractivity contribution is 0.0949. The smallest absolute Gasteiger partial charge is 0.273 e. The first-order valence-corrected chi connectivity index (χ1v) is 7.37. The molecule has 1 amide bonds. The minimum atomic E-state index is -0.377. The summed E-state index contributed by atoms with van der Waals surface area (Å²) >= 11 is 0. The number of oxazole rings is 1. The number of aryl methyl sites for hydroxylation is 1. The molecule has 0 radical (unpaired) electrons. The SMILES string of the molecule is Cc1nc(C(=O)NCCc2ccccn2)c(N)nc1-c1ncco1. The quantitative estimate of drug-likeness (QED) is 0.727. The first-order valence-electron chi connectivity index (χ1n) is 7.37. The van der Waals surface area contributed by atoms with Crippen molar-refractivity contribution in [3.8, 4) is 11.6 Å². The molecular formula is C16H16N6O2. The zero-order valence-corrected chi connectivity index (χ0v) is 13.1. The average Bonchev–Trinajstić information content (AvgIpc) is 3.11. The first kappa shape index (κ1) is 15.6. The van der Waals surface area contributed by atoms with E-state index in [0.29, 0.717) is 30.2 Å². The van der Waals surface area contributed by atoms with E-state index >= 15 is 0 Å². The summed E-state index contributed by atoms with van der Waals surface area (Å²) in [5, 5.41) is 2.77. The Kier molecular flexibility index (Phi) is 4.46. The third-order valence-corrected chi connectivity index (χ3v) is 3.34. The highest BCUT2D eigenvalue weighted by Crippen LogP contribution is 2.20. The largest absolute Gasteiger partial charge is 0.443 e. The molecular weight excluding hydrogens is 308 g/mol. The lowest BCUT2D eigenvalue weighted by Crippen LogP contribution is -2.28. The Bertz CT molecular complexity index is 833. The van der Waals surface area contributed by atoms with Crippen LogP contribution < -0.4 is 11.1 Å². The zero-order valence-electron chi connectivity index (χ0n) is 13.1. The van der Waals surface area contributed by atoms with E-state index in [4.69, 9.17) is 10.2 Å². The molecule has 3 N–H and O–H groups in total. The van der Waals surface area contributed by atoms with Gasteiger partial charge in [-0.25, -0.2) is 15.0 Å². The predicted octanol–water partition coefficient (Wildman–Crippen LogP) is 1.39. The second-order valence-corrected chi connectivity index (χ2v) is 5.06. The number of nitrogen functional groups attached to an aromatic ring is 1. The Morgan fingerprint density at radius 3 is 2.83 bits per heavy atom. The molecule has 8 nitrogen and oxygen atoms in total. The second kappa shape index (κ2) is 6.86. The Hall–Kier alpha value is -3.29. The van der Waals surface area contributed by atoms with Crippen molar-refractivity contribution >= 4 is 11.7 Å². The molecule has 3 heterocycles. The number of anilines is 1. The first-order chi connectivity index (χ1) is 11.6. The van der Waals surface area contributed by atoms with Gasteiger partial charge in [0.2, 0.25) is 5.89 Å². The van der Waals surface area contributed by atoms with Crippen molar-refractivity contribution in [3.05, 3.63) is 53.9 Å². The molecule has 0 fully saturated rings. The molecule has 0 aromatic carbocycles. The van der Waals surface area contributed by atoms with Gasteiger partial charge in [0, 0.05) is 24.9 Å². The van der Waals surface area contributed by atoms with E-state index in [-0.39, 0.29) is 17.4 Å². The molecule has 24 heavy (non-hydrogen) atoms. The van der Waals surface area contributed by atoms with Gasteiger partial charge in [-0.05, 0) is 19.1 Å². The third-order valence-electron chi connectivity index (χ3n) is 3.34. The molecule has 0 unspecified atom stereocenters. The van der Waals surface area contributed by atoms with Crippen LogP contribution in [0.15, 0.2) is 41.3 Å². The Balaban J connectivity index is 1.70. The van der Waals surface area contributed by atoms with Gasteiger partial charge in [-0.15, -0.1) is 0 Å². The van der Waals surface area contributed by atoms with Crippen LogP contribution in [-0.2, 0) is 6.42 Å². The molecule has 122 valence electrons. The minimum absolute atomic E-state index is 0.0316. The summed E-state index contributed by atoms with van der Waals surface area (Å²) < 4.78 is 5.19. The van der Waals surface area contributed by atoms with E-state index in [1.807, 2.05) is 18.2 Å². The molecule has 3 aromatic heterocycles. The van der Waals surface area contributed by atoms with Gasteiger partial charge < -0.3 is 15.5 Å². The van der Waals surface area contributed by atoms with Crippen LogP contribution in [0.4, 0.5) is 5.82 Å². The van der Waals surface area contributed by atoms with Gasteiger partial charge in [0.15, 0.2) is 11.5 Å². The fourth-order valence-corrected chi connectivity index (χ4v) is 2.18. The number of nitrogens with two attached hydrogens (primary N) is 1. The Morgan fingerprint density at radius 1 is 1.25 bits per heavy atom. The molecule has 0 aliphatic heterocycles. The van der Waals surface area contributed by atoms with Crippen LogP contribution in [0.2, 0.25) is 0 Å². The van der Waals surface area contributed by atoms with Crippen molar-refractivity contribution < 1.29 is 9.21 Å².